The highest BCUT2D eigenvalue weighted by Gasteiger charge is 2.37. The van der Waals surface area contributed by atoms with Gasteiger partial charge < -0.3 is 4.74 Å². The first-order chi connectivity index (χ1) is 12.0. The summed E-state index contributed by atoms with van der Waals surface area (Å²) in [4.78, 5) is 16.2. The number of esters is 1. The van der Waals surface area contributed by atoms with Crippen molar-refractivity contribution in [3.8, 4) is 12.1 Å². The van der Waals surface area contributed by atoms with Crippen LogP contribution < -0.4 is 0 Å². The minimum absolute atomic E-state index is 0.219. The summed E-state index contributed by atoms with van der Waals surface area (Å²) in [6.45, 7) is 4.20. The molecule has 0 amide bonds. The molecule has 0 aliphatic heterocycles. The third kappa shape index (κ3) is 4.65. The Morgan fingerprint density at radius 2 is 1.96 bits per heavy atom. The molecule has 0 N–H and O–H groups in total. The zero-order chi connectivity index (χ0) is 18.3. The summed E-state index contributed by atoms with van der Waals surface area (Å²) in [5, 5.41) is 18.8. The molecule has 1 atom stereocenters. The maximum Gasteiger partial charge on any atom is 0.349 e. The highest BCUT2D eigenvalue weighted by molar-refractivity contribution is 7.11. The number of ether oxygens (including phenoxy) is 1. The van der Waals surface area contributed by atoms with Crippen molar-refractivity contribution in [1.29, 1.82) is 10.5 Å². The molecular weight excluding hydrogens is 334 g/mol. The van der Waals surface area contributed by atoms with E-state index < -0.39 is 17.3 Å². The lowest BCUT2D eigenvalue weighted by atomic mass is 9.67. The fraction of sp³-hybridized carbons (Fsp3) is 0.368. The van der Waals surface area contributed by atoms with Crippen molar-refractivity contribution in [3.05, 3.63) is 52.5 Å². The highest BCUT2D eigenvalue weighted by atomic mass is 32.1. The van der Waals surface area contributed by atoms with Gasteiger partial charge in [0.1, 0.15) is 10.8 Å². The van der Waals surface area contributed by atoms with Crippen molar-refractivity contribution in [1.82, 2.24) is 4.98 Å². The number of carbonyl (C=O) groups excluding carboxylic acids is 1. The molecular formula is C19H19N3O2S. The van der Waals surface area contributed by atoms with E-state index in [1.54, 1.807) is 5.51 Å². The predicted molar refractivity (Wildman–Crippen MR) is 94.7 cm³/mol. The number of hydrogen-bond donors (Lipinski definition) is 0. The molecule has 0 fully saturated rings. The zero-order valence-electron chi connectivity index (χ0n) is 14.2. The Kier molecular flexibility index (Phi) is 6.27. The minimum Gasteiger partial charge on any atom is -0.461 e. The van der Waals surface area contributed by atoms with Crippen molar-refractivity contribution in [2.24, 2.45) is 11.3 Å². The first-order valence-electron chi connectivity index (χ1n) is 7.89. The molecule has 5 nitrogen and oxygen atoms in total. The number of carbonyl (C=O) groups is 1. The number of rotatable bonds is 7. The van der Waals surface area contributed by atoms with Crippen LogP contribution in [0.5, 0.6) is 0 Å². The minimum atomic E-state index is -0.769. The Bertz CT molecular complexity index is 759. The van der Waals surface area contributed by atoms with E-state index in [0.29, 0.717) is 11.3 Å². The molecule has 128 valence electrons. The van der Waals surface area contributed by atoms with Crippen LogP contribution in [-0.2, 0) is 4.74 Å². The van der Waals surface area contributed by atoms with Crippen LogP contribution in [0.3, 0.4) is 0 Å². The van der Waals surface area contributed by atoms with Crippen molar-refractivity contribution < 1.29 is 9.53 Å². The van der Waals surface area contributed by atoms with E-state index >= 15 is 0 Å². The summed E-state index contributed by atoms with van der Waals surface area (Å²) in [5.74, 6) is -1.44. The molecule has 1 aromatic carbocycles. The lowest BCUT2D eigenvalue weighted by Gasteiger charge is -2.35. The van der Waals surface area contributed by atoms with Gasteiger partial charge >= 0.3 is 5.97 Å². The summed E-state index contributed by atoms with van der Waals surface area (Å²) < 4.78 is 5.32. The first-order valence-corrected chi connectivity index (χ1v) is 8.77. The third-order valence-corrected chi connectivity index (χ3v) is 4.98. The molecule has 1 unspecified atom stereocenters. The van der Waals surface area contributed by atoms with Crippen LogP contribution in [0.25, 0.3) is 0 Å². The second-order valence-electron chi connectivity index (χ2n) is 6.36. The molecule has 25 heavy (non-hydrogen) atoms. The van der Waals surface area contributed by atoms with Crippen molar-refractivity contribution in [2.45, 2.75) is 26.2 Å². The van der Waals surface area contributed by atoms with Gasteiger partial charge in [0, 0.05) is 5.92 Å². The maximum absolute atomic E-state index is 11.9. The molecule has 0 aliphatic carbocycles. The first kappa shape index (κ1) is 18.6. The zero-order valence-corrected chi connectivity index (χ0v) is 15.0. The van der Waals surface area contributed by atoms with Gasteiger partial charge in [-0.3, -0.25) is 4.98 Å². The average molecular weight is 353 g/mol. The Morgan fingerprint density at radius 3 is 2.52 bits per heavy atom. The molecule has 0 aliphatic rings. The monoisotopic (exact) mass is 353 g/mol. The van der Waals surface area contributed by atoms with E-state index in [1.165, 1.54) is 17.5 Å². The standard InChI is InChI=1S/C19H19N3O2S/c1-19(2,8-9-24-18(23)16-12-22-13-25-16)17(15(10-20)11-21)14-6-4-3-5-7-14/h3-7,12-13,15,17H,8-9H2,1-2H3. The van der Waals surface area contributed by atoms with Gasteiger partial charge in [-0.1, -0.05) is 44.2 Å². The third-order valence-electron chi connectivity index (χ3n) is 4.23. The van der Waals surface area contributed by atoms with Crippen LogP contribution in [0.1, 0.15) is 41.4 Å². The maximum atomic E-state index is 11.9. The summed E-state index contributed by atoms with van der Waals surface area (Å²) >= 11 is 1.23. The summed E-state index contributed by atoms with van der Waals surface area (Å²) in [5.41, 5.74) is 2.12. The van der Waals surface area contributed by atoms with Gasteiger partial charge in [-0.2, -0.15) is 10.5 Å². The molecule has 1 aromatic heterocycles. The SMILES string of the molecule is CC(C)(CCOC(=O)c1cncs1)C(c1ccccc1)C(C#N)C#N. The molecule has 2 rings (SSSR count). The molecule has 0 spiro atoms. The van der Waals surface area contributed by atoms with Crippen molar-refractivity contribution in [2.75, 3.05) is 6.61 Å². The molecule has 1 heterocycles. The quantitative estimate of drug-likeness (QED) is 0.697. The molecule has 0 bridgehead atoms. The summed E-state index contributed by atoms with van der Waals surface area (Å²) in [6, 6.07) is 13.8. The second kappa shape index (κ2) is 8.41. The second-order valence-corrected chi connectivity index (χ2v) is 7.25. The fourth-order valence-electron chi connectivity index (χ4n) is 2.88. The Balaban J connectivity index is 2.11. The van der Waals surface area contributed by atoms with Gasteiger partial charge in [-0.15, -0.1) is 11.3 Å². The van der Waals surface area contributed by atoms with E-state index in [-0.39, 0.29) is 12.5 Å². The molecule has 0 radical (unpaired) electrons. The van der Waals surface area contributed by atoms with E-state index in [4.69, 9.17) is 4.74 Å². The van der Waals surface area contributed by atoms with Gasteiger partial charge in [0.25, 0.3) is 0 Å². The Morgan fingerprint density at radius 1 is 1.28 bits per heavy atom. The fourth-order valence-corrected chi connectivity index (χ4v) is 3.40. The van der Waals surface area contributed by atoms with Crippen LogP contribution in [0.4, 0.5) is 0 Å². The average Bonchev–Trinajstić information content (AvgIpc) is 3.14. The van der Waals surface area contributed by atoms with Crippen LogP contribution in [-0.4, -0.2) is 17.6 Å². The number of thiazole rings is 1. The predicted octanol–water partition coefficient (Wildman–Crippen LogP) is 4.16. The van der Waals surface area contributed by atoms with E-state index in [9.17, 15) is 15.3 Å². The van der Waals surface area contributed by atoms with Gasteiger partial charge in [-0.05, 0) is 17.4 Å². The van der Waals surface area contributed by atoms with Crippen molar-refractivity contribution >= 4 is 17.3 Å². The lowest BCUT2D eigenvalue weighted by molar-refractivity contribution is 0.0444. The molecule has 2 aromatic rings. The number of nitrogens with zero attached hydrogens (tertiary/aromatic N) is 3. The molecule has 0 saturated carbocycles. The number of benzene rings is 1. The molecule has 6 heteroatoms. The van der Waals surface area contributed by atoms with E-state index in [1.807, 2.05) is 44.2 Å². The van der Waals surface area contributed by atoms with Gasteiger partial charge in [0.15, 0.2) is 0 Å². The van der Waals surface area contributed by atoms with Crippen LogP contribution in [0.2, 0.25) is 0 Å². The number of aromatic nitrogens is 1. The Labute approximate surface area is 151 Å². The normalized spacial score (nSPS) is 12.2. The van der Waals surface area contributed by atoms with Gasteiger partial charge in [0.2, 0.25) is 0 Å². The smallest absolute Gasteiger partial charge is 0.349 e. The number of nitriles is 2. The summed E-state index contributed by atoms with van der Waals surface area (Å²) in [6.07, 6.45) is 2.02. The van der Waals surface area contributed by atoms with Crippen LogP contribution in [0, 0.1) is 34.0 Å². The van der Waals surface area contributed by atoms with E-state index in [2.05, 4.69) is 17.1 Å². The largest absolute Gasteiger partial charge is 0.461 e. The van der Waals surface area contributed by atoms with Crippen LogP contribution >= 0.6 is 11.3 Å². The van der Waals surface area contributed by atoms with Gasteiger partial charge in [-0.25, -0.2) is 4.79 Å². The van der Waals surface area contributed by atoms with Gasteiger partial charge in [0.05, 0.1) is 30.5 Å². The lowest BCUT2D eigenvalue weighted by Crippen LogP contribution is -2.29. The Hall–Kier alpha value is -2.70. The summed E-state index contributed by atoms with van der Waals surface area (Å²) in [7, 11) is 0. The molecule has 0 saturated heterocycles. The van der Waals surface area contributed by atoms with Crippen LogP contribution in [0.15, 0.2) is 42.0 Å². The highest BCUT2D eigenvalue weighted by Crippen LogP contribution is 2.43. The van der Waals surface area contributed by atoms with E-state index in [0.717, 1.165) is 5.56 Å². The topological polar surface area (TPSA) is 86.8 Å². The van der Waals surface area contributed by atoms with Crippen molar-refractivity contribution in [3.63, 3.8) is 0 Å². The number of hydrogen-bond acceptors (Lipinski definition) is 6.